The van der Waals surface area contributed by atoms with E-state index in [1.807, 2.05) is 0 Å². The summed E-state index contributed by atoms with van der Waals surface area (Å²) in [6.45, 7) is 7.84. The first kappa shape index (κ1) is 32.9. The van der Waals surface area contributed by atoms with Crippen LogP contribution in [0, 0.1) is 0 Å². The molecule has 0 saturated carbocycles. The summed E-state index contributed by atoms with van der Waals surface area (Å²) in [5.41, 5.74) is 3.81. The van der Waals surface area contributed by atoms with Gasteiger partial charge in [0.15, 0.2) is 5.82 Å². The molecule has 0 unspecified atom stereocenters. The van der Waals surface area contributed by atoms with Crippen molar-refractivity contribution in [3.05, 3.63) is 47.1 Å². The second-order valence-corrected chi connectivity index (χ2v) is 13.4. The van der Waals surface area contributed by atoms with Crippen LogP contribution in [0.25, 0.3) is 0 Å². The number of rotatable bonds is 12. The lowest BCUT2D eigenvalue weighted by Crippen LogP contribution is -2.49. The average Bonchev–Trinajstić information content (AvgIpc) is 3.03. The maximum absolute atomic E-state index is 12.1. The normalized spacial score (nSPS) is 16.3. The van der Waals surface area contributed by atoms with Gasteiger partial charge in [0.2, 0.25) is 16.0 Å². The van der Waals surface area contributed by atoms with Crippen LogP contribution in [0.5, 0.6) is 11.5 Å². The van der Waals surface area contributed by atoms with Crippen LogP contribution < -0.4 is 29.7 Å². The van der Waals surface area contributed by atoms with E-state index in [-0.39, 0.29) is 16.5 Å². The number of hydrogen-bond acceptors (Lipinski definition) is 11. The number of morpholine rings is 1. The second kappa shape index (κ2) is 14.7. The average molecular weight is 660 g/mol. The Morgan fingerprint density at radius 3 is 2.42 bits per heavy atom. The van der Waals surface area contributed by atoms with Gasteiger partial charge in [-0.05, 0) is 43.0 Å². The van der Waals surface area contributed by atoms with E-state index in [0.717, 1.165) is 77.0 Å². The monoisotopic (exact) mass is 659 g/mol. The number of anilines is 6. The fraction of sp³-hybridized carbons (Fsp3) is 0.484. The Bertz CT molecular complexity index is 1580. The van der Waals surface area contributed by atoms with E-state index in [1.54, 1.807) is 25.3 Å². The van der Waals surface area contributed by atoms with Crippen LogP contribution in [0.2, 0.25) is 5.02 Å². The van der Waals surface area contributed by atoms with Crippen LogP contribution in [0.15, 0.2) is 36.5 Å². The highest BCUT2D eigenvalue weighted by Gasteiger charge is 2.27. The fourth-order valence-corrected chi connectivity index (χ4v) is 6.64. The fourth-order valence-electron chi connectivity index (χ4n) is 5.92. The van der Waals surface area contributed by atoms with Crippen LogP contribution in [0.4, 0.5) is 34.5 Å². The van der Waals surface area contributed by atoms with Gasteiger partial charge in [-0.2, -0.15) is 4.98 Å². The van der Waals surface area contributed by atoms with Crippen molar-refractivity contribution in [2.75, 3.05) is 80.1 Å². The molecule has 1 aromatic heterocycles. The molecular weight excluding hydrogens is 618 g/mol. The molecule has 5 rings (SSSR count). The lowest BCUT2D eigenvalue weighted by molar-refractivity contribution is 0.0115. The number of hydrogen-bond donors (Lipinski definition) is 3. The minimum atomic E-state index is -3.59. The molecule has 0 spiro atoms. The molecule has 3 heterocycles. The number of para-hydroxylation sites is 1. The van der Waals surface area contributed by atoms with Crippen molar-refractivity contribution in [1.29, 1.82) is 0 Å². The molecule has 0 amide bonds. The smallest absolute Gasteiger partial charge is 0.230 e. The molecular formula is C31H42ClN7O5S. The van der Waals surface area contributed by atoms with Gasteiger partial charge in [-0.25, -0.2) is 13.4 Å². The van der Waals surface area contributed by atoms with Crippen LogP contribution in [-0.4, -0.2) is 89.2 Å². The van der Waals surface area contributed by atoms with Gasteiger partial charge < -0.3 is 29.7 Å². The first-order chi connectivity index (χ1) is 21.7. The minimum Gasteiger partial charge on any atom is -0.494 e. The first-order valence-electron chi connectivity index (χ1n) is 15.2. The van der Waals surface area contributed by atoms with Gasteiger partial charge in [-0.3, -0.25) is 9.62 Å². The third-order valence-electron chi connectivity index (χ3n) is 8.06. The Morgan fingerprint density at radius 2 is 1.76 bits per heavy atom. The molecule has 3 N–H and O–H groups in total. The van der Waals surface area contributed by atoms with Gasteiger partial charge in [0.05, 0.1) is 51.3 Å². The molecule has 45 heavy (non-hydrogen) atoms. The highest BCUT2D eigenvalue weighted by atomic mass is 35.5. The first-order valence-corrected chi connectivity index (χ1v) is 17.4. The van der Waals surface area contributed by atoms with E-state index in [4.69, 9.17) is 25.8 Å². The zero-order valence-corrected chi connectivity index (χ0v) is 27.8. The summed E-state index contributed by atoms with van der Waals surface area (Å²) in [5, 5.41) is 6.69. The maximum atomic E-state index is 12.1. The highest BCUT2D eigenvalue weighted by molar-refractivity contribution is 7.92. The van der Waals surface area contributed by atoms with E-state index < -0.39 is 10.0 Å². The molecule has 0 atom stereocenters. The van der Waals surface area contributed by atoms with Crippen LogP contribution in [0.3, 0.4) is 0 Å². The number of ether oxygens (including phenoxy) is 3. The van der Waals surface area contributed by atoms with Crippen molar-refractivity contribution in [1.82, 2.24) is 14.9 Å². The lowest BCUT2D eigenvalue weighted by atomic mass is 9.99. The molecule has 2 aromatic carbocycles. The Morgan fingerprint density at radius 1 is 1.02 bits per heavy atom. The van der Waals surface area contributed by atoms with Gasteiger partial charge in [0.1, 0.15) is 22.2 Å². The summed E-state index contributed by atoms with van der Waals surface area (Å²) in [4.78, 5) is 14.1. The molecule has 12 nitrogen and oxygen atoms in total. The SMILES string of the molecule is CCCc1cc(Nc2ncc(Cl)c(Nc3cccc(OC)c3NS(C)(=O)=O)n2)c(OC)cc1N1CCC(N2CCOCC2)CC1. The van der Waals surface area contributed by atoms with E-state index >= 15 is 0 Å². The summed E-state index contributed by atoms with van der Waals surface area (Å²) >= 11 is 6.48. The molecule has 2 aliphatic heterocycles. The summed E-state index contributed by atoms with van der Waals surface area (Å²) in [6.07, 6.45) is 6.71. The third kappa shape index (κ3) is 8.20. The van der Waals surface area contributed by atoms with Gasteiger partial charge in [0, 0.05) is 44.0 Å². The molecule has 14 heteroatoms. The summed E-state index contributed by atoms with van der Waals surface area (Å²) in [6, 6.07) is 9.91. The van der Waals surface area contributed by atoms with Crippen molar-refractivity contribution in [3.63, 3.8) is 0 Å². The molecule has 2 saturated heterocycles. The topological polar surface area (TPSA) is 130 Å². The number of aryl methyl sites for hydroxylation is 1. The number of aromatic nitrogens is 2. The number of piperidine rings is 1. The lowest BCUT2D eigenvalue weighted by Gasteiger charge is -2.41. The van der Waals surface area contributed by atoms with Crippen molar-refractivity contribution in [2.45, 2.75) is 38.6 Å². The number of sulfonamides is 1. The van der Waals surface area contributed by atoms with Crippen molar-refractivity contribution >= 4 is 56.1 Å². The molecule has 244 valence electrons. The zero-order chi connectivity index (χ0) is 32.0. The highest BCUT2D eigenvalue weighted by Crippen LogP contribution is 2.39. The zero-order valence-electron chi connectivity index (χ0n) is 26.2. The summed E-state index contributed by atoms with van der Waals surface area (Å²) < 4.78 is 43.4. The van der Waals surface area contributed by atoms with Crippen molar-refractivity contribution < 1.29 is 22.6 Å². The van der Waals surface area contributed by atoms with Crippen molar-refractivity contribution in [3.8, 4) is 11.5 Å². The van der Waals surface area contributed by atoms with E-state index in [1.165, 1.54) is 24.6 Å². The molecule has 0 radical (unpaired) electrons. The van der Waals surface area contributed by atoms with E-state index in [0.29, 0.717) is 29.2 Å². The predicted octanol–water partition coefficient (Wildman–Crippen LogP) is 5.26. The summed E-state index contributed by atoms with van der Waals surface area (Å²) in [5.74, 6) is 1.60. The maximum Gasteiger partial charge on any atom is 0.230 e. The Balaban J connectivity index is 1.38. The van der Waals surface area contributed by atoms with E-state index in [9.17, 15) is 8.42 Å². The van der Waals surface area contributed by atoms with Crippen LogP contribution in [0.1, 0.15) is 31.7 Å². The number of nitrogens with one attached hydrogen (secondary N) is 3. The number of halogens is 1. The van der Waals surface area contributed by atoms with Gasteiger partial charge in [-0.1, -0.05) is 31.0 Å². The molecule has 2 aliphatic rings. The number of benzene rings is 2. The Kier molecular flexibility index (Phi) is 10.7. The van der Waals surface area contributed by atoms with Gasteiger partial charge >= 0.3 is 0 Å². The largest absolute Gasteiger partial charge is 0.494 e. The summed E-state index contributed by atoms with van der Waals surface area (Å²) in [7, 11) is -0.473. The Hall–Kier alpha value is -3.52. The third-order valence-corrected chi connectivity index (χ3v) is 8.92. The van der Waals surface area contributed by atoms with E-state index in [2.05, 4.69) is 54.2 Å². The Labute approximate surface area is 270 Å². The van der Waals surface area contributed by atoms with Crippen molar-refractivity contribution in [2.24, 2.45) is 0 Å². The quantitative estimate of drug-likeness (QED) is 0.235. The number of nitrogens with zero attached hydrogens (tertiary/aromatic N) is 4. The predicted molar refractivity (Wildman–Crippen MR) is 180 cm³/mol. The molecule has 2 fully saturated rings. The minimum absolute atomic E-state index is 0.238. The standard InChI is InChI=1S/C31H42ClN7O5S/c1-5-7-21-18-25(28(43-3)19-26(21)39-12-10-22(11-13-39)38-14-16-44-17-15-38)35-31-33-20-23(32)30(36-31)34-24-8-6-9-27(42-2)29(24)37-45(4,40)41/h6,8-9,18-20,22,37H,5,7,10-17H2,1-4H3,(H2,33,34,35,36). The van der Waals surface area contributed by atoms with Crippen LogP contribution >= 0.6 is 11.6 Å². The molecule has 3 aromatic rings. The van der Waals surface area contributed by atoms with Gasteiger partial charge in [-0.15, -0.1) is 0 Å². The molecule has 0 aliphatic carbocycles. The van der Waals surface area contributed by atoms with Crippen LogP contribution in [-0.2, 0) is 21.2 Å². The number of methoxy groups -OCH3 is 2. The molecule has 0 bridgehead atoms. The van der Waals surface area contributed by atoms with Gasteiger partial charge in [0.25, 0.3) is 0 Å². The second-order valence-electron chi connectivity index (χ2n) is 11.2.